The van der Waals surface area contributed by atoms with E-state index in [2.05, 4.69) is 23.7 Å². The van der Waals surface area contributed by atoms with Gasteiger partial charge in [0.25, 0.3) is 0 Å². The smallest absolute Gasteiger partial charge is 0.409 e. The second kappa shape index (κ2) is 8.07. The number of hydrogen-bond donors (Lipinski definition) is 0. The Hall–Kier alpha value is -1.70. The number of benzene rings is 1. The lowest BCUT2D eigenvalue weighted by Gasteiger charge is -2.36. The minimum atomic E-state index is -0.252. The predicted molar refractivity (Wildman–Crippen MR) is 88.0 cm³/mol. The summed E-state index contributed by atoms with van der Waals surface area (Å²) >= 11 is 5.97. The Morgan fingerprint density at radius 2 is 2.09 bits per heavy atom. The van der Waals surface area contributed by atoms with E-state index < -0.39 is 0 Å². The Bertz CT molecular complexity index is 572. The topological polar surface area (TPSA) is 32.8 Å². The molecule has 4 nitrogen and oxygen atoms in total. The van der Waals surface area contributed by atoms with Crippen LogP contribution in [0.15, 0.2) is 24.3 Å². The molecule has 0 N–H and O–H groups in total. The van der Waals surface area contributed by atoms with Crippen LogP contribution in [0.5, 0.6) is 0 Å². The maximum atomic E-state index is 11.5. The predicted octanol–water partition coefficient (Wildman–Crippen LogP) is 2.85. The third-order valence-electron chi connectivity index (χ3n) is 3.78. The Morgan fingerprint density at radius 1 is 1.36 bits per heavy atom. The van der Waals surface area contributed by atoms with Crippen molar-refractivity contribution in [2.45, 2.75) is 19.4 Å². The molecule has 1 aromatic carbocycles. The van der Waals surface area contributed by atoms with Crippen LogP contribution in [0.4, 0.5) is 4.79 Å². The minimum Gasteiger partial charge on any atom is -0.453 e. The van der Waals surface area contributed by atoms with Crippen molar-refractivity contribution < 1.29 is 9.53 Å². The first-order valence-electron chi connectivity index (χ1n) is 7.48. The molecule has 1 heterocycles. The number of piperazine rings is 1. The molecule has 0 radical (unpaired) electrons. The highest BCUT2D eigenvalue weighted by atomic mass is 35.5. The zero-order valence-corrected chi connectivity index (χ0v) is 13.8. The number of carbonyl (C=O) groups excluding carboxylic acids is 1. The van der Waals surface area contributed by atoms with Gasteiger partial charge in [-0.05, 0) is 24.6 Å². The van der Waals surface area contributed by atoms with Crippen molar-refractivity contribution in [3.8, 4) is 11.8 Å². The summed E-state index contributed by atoms with van der Waals surface area (Å²) in [4.78, 5) is 15.5. The van der Waals surface area contributed by atoms with Crippen LogP contribution in [0.1, 0.15) is 18.9 Å². The molecule has 0 saturated carbocycles. The summed E-state index contributed by atoms with van der Waals surface area (Å²) in [7, 11) is 1.42. The van der Waals surface area contributed by atoms with Gasteiger partial charge < -0.3 is 9.64 Å². The first-order valence-corrected chi connectivity index (χ1v) is 7.86. The monoisotopic (exact) mass is 320 g/mol. The van der Waals surface area contributed by atoms with Crippen LogP contribution in [0.25, 0.3) is 0 Å². The minimum absolute atomic E-state index is 0.193. The zero-order valence-electron chi connectivity index (χ0n) is 13.0. The molecule has 0 aliphatic carbocycles. The highest BCUT2D eigenvalue weighted by Crippen LogP contribution is 2.12. The van der Waals surface area contributed by atoms with Crippen molar-refractivity contribution in [1.29, 1.82) is 0 Å². The fourth-order valence-corrected chi connectivity index (χ4v) is 2.72. The molecule has 1 amide bonds. The van der Waals surface area contributed by atoms with Gasteiger partial charge in [-0.3, -0.25) is 4.90 Å². The molecule has 1 fully saturated rings. The SMILES string of the molecule is CCC(C#Cc1cccc(Cl)c1)N1CCN(C(=O)OC)CC1. The Balaban J connectivity index is 1.97. The van der Waals surface area contributed by atoms with E-state index in [-0.39, 0.29) is 12.1 Å². The number of nitrogens with zero attached hydrogens (tertiary/aromatic N) is 2. The number of ether oxygens (including phenoxy) is 1. The third kappa shape index (κ3) is 4.40. The number of hydrogen-bond acceptors (Lipinski definition) is 3. The van der Waals surface area contributed by atoms with Crippen LogP contribution in [-0.2, 0) is 4.74 Å². The standard InChI is InChI=1S/C17H21ClN2O2/c1-3-16(8-7-14-5-4-6-15(18)13-14)19-9-11-20(12-10-19)17(21)22-2/h4-6,13,16H,3,9-12H2,1-2H3. The highest BCUT2D eigenvalue weighted by molar-refractivity contribution is 6.30. The quantitative estimate of drug-likeness (QED) is 0.786. The van der Waals surface area contributed by atoms with E-state index in [1.54, 1.807) is 4.90 Å². The number of rotatable bonds is 2. The van der Waals surface area contributed by atoms with Crippen LogP contribution >= 0.6 is 11.6 Å². The molecule has 1 aliphatic heterocycles. The number of methoxy groups -OCH3 is 1. The van der Waals surface area contributed by atoms with E-state index >= 15 is 0 Å². The summed E-state index contributed by atoms with van der Waals surface area (Å²) < 4.78 is 4.76. The van der Waals surface area contributed by atoms with Gasteiger partial charge in [-0.1, -0.05) is 36.4 Å². The third-order valence-corrected chi connectivity index (χ3v) is 4.02. The van der Waals surface area contributed by atoms with Crippen LogP contribution in [0.3, 0.4) is 0 Å². The van der Waals surface area contributed by atoms with Crippen LogP contribution < -0.4 is 0 Å². The fourth-order valence-electron chi connectivity index (χ4n) is 2.53. The van der Waals surface area contributed by atoms with Crippen molar-refractivity contribution in [3.05, 3.63) is 34.9 Å². The average molecular weight is 321 g/mol. The maximum absolute atomic E-state index is 11.5. The van der Waals surface area contributed by atoms with Gasteiger partial charge in [-0.2, -0.15) is 0 Å². The Kier molecular flexibility index (Phi) is 6.11. The molecule has 0 spiro atoms. The van der Waals surface area contributed by atoms with E-state index in [1.807, 2.05) is 24.3 Å². The molecule has 118 valence electrons. The highest BCUT2D eigenvalue weighted by Gasteiger charge is 2.24. The van der Waals surface area contributed by atoms with Gasteiger partial charge in [-0.25, -0.2) is 4.79 Å². The summed E-state index contributed by atoms with van der Waals surface area (Å²) in [5, 5.41) is 0.701. The van der Waals surface area contributed by atoms with E-state index in [1.165, 1.54) is 7.11 Å². The van der Waals surface area contributed by atoms with Gasteiger partial charge in [0.1, 0.15) is 0 Å². The lowest BCUT2D eigenvalue weighted by molar-refractivity contribution is 0.0831. The molecule has 0 aromatic heterocycles. The maximum Gasteiger partial charge on any atom is 0.409 e. The summed E-state index contributed by atoms with van der Waals surface area (Å²) in [6.45, 7) is 5.13. The Morgan fingerprint density at radius 3 is 2.68 bits per heavy atom. The number of carbonyl (C=O) groups is 1. The Labute approximate surface area is 137 Å². The van der Waals surface area contributed by atoms with Crippen LogP contribution in [-0.4, -0.2) is 55.2 Å². The van der Waals surface area contributed by atoms with E-state index in [9.17, 15) is 4.79 Å². The molecule has 1 atom stereocenters. The number of amides is 1. The molecule has 5 heteroatoms. The normalized spacial score (nSPS) is 16.6. The van der Waals surface area contributed by atoms with Crippen molar-refractivity contribution >= 4 is 17.7 Å². The van der Waals surface area contributed by atoms with Crippen molar-refractivity contribution in [2.24, 2.45) is 0 Å². The average Bonchev–Trinajstić information content (AvgIpc) is 2.55. The first-order chi connectivity index (χ1) is 10.6. The van der Waals surface area contributed by atoms with E-state index in [0.717, 1.165) is 25.1 Å². The lowest BCUT2D eigenvalue weighted by Crippen LogP contribution is -2.51. The fraction of sp³-hybridized carbons (Fsp3) is 0.471. The van der Waals surface area contributed by atoms with Crippen molar-refractivity contribution in [1.82, 2.24) is 9.80 Å². The molecule has 0 bridgehead atoms. The molecular formula is C17H21ClN2O2. The second-order valence-corrected chi connectivity index (χ2v) is 5.63. The van der Waals surface area contributed by atoms with Gasteiger partial charge in [0.2, 0.25) is 0 Å². The summed E-state index contributed by atoms with van der Waals surface area (Å²) in [5.41, 5.74) is 0.930. The van der Waals surface area contributed by atoms with Crippen molar-refractivity contribution in [2.75, 3.05) is 33.3 Å². The lowest BCUT2D eigenvalue weighted by atomic mass is 10.1. The molecular weight excluding hydrogens is 300 g/mol. The summed E-state index contributed by atoms with van der Waals surface area (Å²) in [5.74, 6) is 6.52. The van der Waals surface area contributed by atoms with Crippen LogP contribution in [0, 0.1) is 11.8 Å². The van der Waals surface area contributed by atoms with Crippen molar-refractivity contribution in [3.63, 3.8) is 0 Å². The first kappa shape index (κ1) is 16.7. The zero-order chi connectivity index (χ0) is 15.9. The van der Waals surface area contributed by atoms with Crippen LogP contribution in [0.2, 0.25) is 5.02 Å². The molecule has 1 aromatic rings. The molecule has 22 heavy (non-hydrogen) atoms. The van der Waals surface area contributed by atoms with Gasteiger partial charge >= 0.3 is 6.09 Å². The van der Waals surface area contributed by atoms with Gasteiger partial charge in [0.15, 0.2) is 0 Å². The molecule has 1 unspecified atom stereocenters. The van der Waals surface area contributed by atoms with Gasteiger partial charge in [0, 0.05) is 36.8 Å². The molecule has 2 rings (SSSR count). The molecule has 1 aliphatic rings. The summed E-state index contributed by atoms with van der Waals surface area (Å²) in [6, 6.07) is 7.77. The van der Waals surface area contributed by atoms with E-state index in [0.29, 0.717) is 18.1 Å². The largest absolute Gasteiger partial charge is 0.453 e. The number of halogens is 1. The van der Waals surface area contributed by atoms with Gasteiger partial charge in [0.05, 0.1) is 13.2 Å². The van der Waals surface area contributed by atoms with Gasteiger partial charge in [-0.15, -0.1) is 0 Å². The molecule has 1 saturated heterocycles. The van der Waals surface area contributed by atoms with E-state index in [4.69, 9.17) is 16.3 Å². The summed E-state index contributed by atoms with van der Waals surface area (Å²) in [6.07, 6.45) is 0.698. The second-order valence-electron chi connectivity index (χ2n) is 5.20.